The van der Waals surface area contributed by atoms with E-state index in [1.807, 2.05) is 0 Å². The van der Waals surface area contributed by atoms with Crippen LogP contribution in [0.1, 0.15) is 0 Å². The standard InChI is InChI=1S/C37H22N2/c1-2-13-27-23(9-1)19-20-34-36(27)31-16-5-6-18-33(31)39(34)26-12-7-10-24(21-26)32-22-25-11-8-17-29-28-14-3-4-15-30(28)37(38-32)35(25)29/h1-22H. The molecule has 0 atom stereocenters. The molecular weight excluding hydrogens is 472 g/mol. The molecule has 0 saturated carbocycles. The molecule has 0 radical (unpaired) electrons. The van der Waals surface area contributed by atoms with E-state index in [4.69, 9.17) is 4.98 Å². The van der Waals surface area contributed by atoms with Gasteiger partial charge >= 0.3 is 0 Å². The van der Waals surface area contributed by atoms with E-state index in [0.29, 0.717) is 0 Å². The predicted octanol–water partition coefficient (Wildman–Crippen LogP) is 9.80. The van der Waals surface area contributed by atoms with Crippen LogP contribution < -0.4 is 0 Å². The number of rotatable bonds is 2. The topological polar surface area (TPSA) is 17.8 Å². The van der Waals surface area contributed by atoms with Gasteiger partial charge in [-0.1, -0.05) is 103 Å². The van der Waals surface area contributed by atoms with Crippen molar-refractivity contribution in [3.05, 3.63) is 133 Å². The summed E-state index contributed by atoms with van der Waals surface area (Å²) in [5, 5.41) is 7.62. The highest BCUT2D eigenvalue weighted by molar-refractivity contribution is 6.21. The molecule has 1 aliphatic carbocycles. The molecule has 180 valence electrons. The van der Waals surface area contributed by atoms with Gasteiger partial charge in [-0.25, -0.2) is 4.98 Å². The molecule has 0 spiro atoms. The molecule has 6 aromatic carbocycles. The number of nitrogens with zero attached hydrogens (tertiary/aromatic N) is 2. The van der Waals surface area contributed by atoms with Gasteiger partial charge in [0.15, 0.2) is 0 Å². The van der Waals surface area contributed by atoms with Gasteiger partial charge in [-0.15, -0.1) is 0 Å². The van der Waals surface area contributed by atoms with Crippen LogP contribution in [0, 0.1) is 0 Å². The third kappa shape index (κ3) is 2.83. The summed E-state index contributed by atoms with van der Waals surface area (Å²) < 4.78 is 2.40. The van der Waals surface area contributed by atoms with Gasteiger partial charge < -0.3 is 4.57 Å². The van der Waals surface area contributed by atoms with Crippen LogP contribution in [0.5, 0.6) is 0 Å². The Morgan fingerprint density at radius 2 is 1.21 bits per heavy atom. The van der Waals surface area contributed by atoms with Crippen molar-refractivity contribution in [3.8, 4) is 39.3 Å². The Balaban J connectivity index is 1.30. The van der Waals surface area contributed by atoms with Gasteiger partial charge in [-0.3, -0.25) is 0 Å². The minimum absolute atomic E-state index is 0.999. The number of benzene rings is 6. The van der Waals surface area contributed by atoms with Crippen molar-refractivity contribution < 1.29 is 0 Å². The highest BCUT2D eigenvalue weighted by Crippen LogP contribution is 2.47. The Bertz CT molecular complexity index is 2290. The molecule has 0 amide bonds. The summed E-state index contributed by atoms with van der Waals surface area (Å²) >= 11 is 0. The maximum Gasteiger partial charge on any atom is 0.0800 e. The number of pyridine rings is 1. The summed E-state index contributed by atoms with van der Waals surface area (Å²) in [4.78, 5) is 5.26. The Kier molecular flexibility index (Phi) is 4.08. The van der Waals surface area contributed by atoms with E-state index in [0.717, 1.165) is 22.6 Å². The Labute approximate surface area is 225 Å². The third-order valence-electron chi connectivity index (χ3n) is 8.29. The van der Waals surface area contributed by atoms with Gasteiger partial charge in [-0.05, 0) is 57.6 Å². The maximum atomic E-state index is 5.26. The van der Waals surface area contributed by atoms with Crippen molar-refractivity contribution in [1.29, 1.82) is 0 Å². The van der Waals surface area contributed by atoms with Crippen LogP contribution in [0.3, 0.4) is 0 Å². The zero-order valence-corrected chi connectivity index (χ0v) is 21.1. The minimum Gasteiger partial charge on any atom is -0.309 e. The zero-order valence-electron chi connectivity index (χ0n) is 21.1. The monoisotopic (exact) mass is 494 g/mol. The average Bonchev–Trinajstić information content (AvgIpc) is 3.52. The van der Waals surface area contributed by atoms with Gasteiger partial charge in [0, 0.05) is 33.0 Å². The molecule has 39 heavy (non-hydrogen) atoms. The Morgan fingerprint density at radius 3 is 2.15 bits per heavy atom. The predicted molar refractivity (Wildman–Crippen MR) is 163 cm³/mol. The van der Waals surface area contributed by atoms with Crippen LogP contribution in [0.25, 0.3) is 82.7 Å². The van der Waals surface area contributed by atoms with E-state index >= 15 is 0 Å². The Morgan fingerprint density at radius 1 is 0.462 bits per heavy atom. The largest absolute Gasteiger partial charge is 0.309 e. The van der Waals surface area contributed by atoms with Crippen LogP contribution >= 0.6 is 0 Å². The Hall–Kier alpha value is -5.21. The van der Waals surface area contributed by atoms with Crippen molar-refractivity contribution in [2.45, 2.75) is 0 Å². The lowest BCUT2D eigenvalue weighted by Gasteiger charge is -2.12. The highest BCUT2D eigenvalue weighted by Gasteiger charge is 2.23. The number of hydrogen-bond donors (Lipinski definition) is 0. The summed E-state index contributed by atoms with van der Waals surface area (Å²) in [6.45, 7) is 0. The van der Waals surface area contributed by atoms with Crippen LogP contribution in [0.4, 0.5) is 0 Å². The van der Waals surface area contributed by atoms with Crippen LogP contribution in [0.2, 0.25) is 0 Å². The highest BCUT2D eigenvalue weighted by atomic mass is 15.0. The summed E-state index contributed by atoms with van der Waals surface area (Å²) in [6, 6.07) is 48.2. The first-order chi connectivity index (χ1) is 19.3. The van der Waals surface area contributed by atoms with Gasteiger partial charge in [0.2, 0.25) is 0 Å². The molecular formula is C37H22N2. The van der Waals surface area contributed by atoms with Crippen LogP contribution in [0.15, 0.2) is 133 Å². The second-order valence-corrected chi connectivity index (χ2v) is 10.4. The first kappa shape index (κ1) is 20.8. The van der Waals surface area contributed by atoms with Gasteiger partial charge in [0.25, 0.3) is 0 Å². The second-order valence-electron chi connectivity index (χ2n) is 10.4. The quantitative estimate of drug-likeness (QED) is 0.234. The van der Waals surface area contributed by atoms with Crippen molar-refractivity contribution in [1.82, 2.24) is 9.55 Å². The average molecular weight is 495 g/mol. The van der Waals surface area contributed by atoms with Crippen LogP contribution in [-0.4, -0.2) is 9.55 Å². The van der Waals surface area contributed by atoms with Crippen molar-refractivity contribution in [3.63, 3.8) is 0 Å². The van der Waals surface area contributed by atoms with E-state index in [1.54, 1.807) is 0 Å². The number of para-hydroxylation sites is 1. The lowest BCUT2D eigenvalue weighted by Crippen LogP contribution is -1.95. The van der Waals surface area contributed by atoms with Crippen LogP contribution in [-0.2, 0) is 0 Å². The molecule has 0 N–H and O–H groups in total. The normalized spacial score (nSPS) is 12.1. The molecule has 9 rings (SSSR count). The maximum absolute atomic E-state index is 5.26. The third-order valence-corrected chi connectivity index (χ3v) is 8.29. The lowest BCUT2D eigenvalue weighted by atomic mass is 10.0. The van der Waals surface area contributed by atoms with Crippen molar-refractivity contribution >= 4 is 43.4 Å². The van der Waals surface area contributed by atoms with Crippen molar-refractivity contribution in [2.24, 2.45) is 0 Å². The SMILES string of the molecule is c1cc(-c2cc3cccc4c3c(n2)-c2ccccc2-4)cc(-n2c3ccccc3c3c4ccccc4ccc32)c1. The zero-order chi connectivity index (χ0) is 25.5. The summed E-state index contributed by atoms with van der Waals surface area (Å²) in [5.74, 6) is 0. The summed E-state index contributed by atoms with van der Waals surface area (Å²) in [5.41, 5.74) is 10.5. The van der Waals surface area contributed by atoms with Gasteiger partial charge in [-0.2, -0.15) is 0 Å². The molecule has 1 aliphatic rings. The van der Waals surface area contributed by atoms with Gasteiger partial charge in [0.1, 0.15) is 0 Å². The second kappa shape index (κ2) is 7.66. The van der Waals surface area contributed by atoms with E-state index < -0.39 is 0 Å². The molecule has 0 bridgehead atoms. The molecule has 0 saturated heterocycles. The smallest absolute Gasteiger partial charge is 0.0800 e. The minimum atomic E-state index is 0.999. The fourth-order valence-electron chi connectivity index (χ4n) is 6.62. The number of aromatic nitrogens is 2. The molecule has 0 aliphatic heterocycles. The molecule has 2 heteroatoms. The van der Waals surface area contributed by atoms with Crippen molar-refractivity contribution in [2.75, 3.05) is 0 Å². The molecule has 2 aromatic heterocycles. The summed E-state index contributed by atoms with van der Waals surface area (Å²) in [6.07, 6.45) is 0. The van der Waals surface area contributed by atoms with Gasteiger partial charge in [0.05, 0.1) is 22.4 Å². The van der Waals surface area contributed by atoms with E-state index in [2.05, 4.69) is 138 Å². The first-order valence-electron chi connectivity index (χ1n) is 13.4. The number of hydrogen-bond acceptors (Lipinski definition) is 1. The molecule has 0 unspecified atom stereocenters. The fraction of sp³-hybridized carbons (Fsp3) is 0. The van der Waals surface area contributed by atoms with E-state index in [1.165, 1.54) is 60.0 Å². The first-order valence-corrected chi connectivity index (χ1v) is 13.4. The summed E-state index contributed by atoms with van der Waals surface area (Å²) in [7, 11) is 0. The molecule has 8 aromatic rings. The molecule has 0 fully saturated rings. The van der Waals surface area contributed by atoms with E-state index in [9.17, 15) is 0 Å². The molecule has 2 heterocycles. The number of fused-ring (bicyclic) bond motifs is 8. The lowest BCUT2D eigenvalue weighted by molar-refractivity contribution is 1.18. The fourth-order valence-corrected chi connectivity index (χ4v) is 6.62. The van der Waals surface area contributed by atoms with E-state index in [-0.39, 0.29) is 0 Å². The molecule has 2 nitrogen and oxygen atoms in total.